The summed E-state index contributed by atoms with van der Waals surface area (Å²) in [6, 6.07) is 1.29. The zero-order valence-electron chi connectivity index (χ0n) is 8.46. The molecular formula is C9H12N2O4Se. The first-order valence-electron chi connectivity index (χ1n) is 4.86. The second kappa shape index (κ2) is 4.97. The SMILES string of the molecule is O=c1ccn([C@H]2C[Se]C[C@@H](CO)O2)c(=O)[nH]1. The molecule has 1 fully saturated rings. The first-order chi connectivity index (χ1) is 7.70. The number of hydrogen-bond donors (Lipinski definition) is 2. The van der Waals surface area contributed by atoms with Gasteiger partial charge < -0.3 is 0 Å². The van der Waals surface area contributed by atoms with Crippen molar-refractivity contribution in [1.29, 1.82) is 0 Å². The standard InChI is InChI=1S/C9H12N2O4Se/c12-3-6-4-16-5-8(15-6)11-2-1-7(13)10-9(11)14/h1-2,6,8,12H,3-5H2,(H,10,13,14)/t6-,8-/m1/s1. The van der Waals surface area contributed by atoms with Crippen LogP contribution in [0, 0.1) is 0 Å². The molecule has 2 N–H and O–H groups in total. The summed E-state index contributed by atoms with van der Waals surface area (Å²) in [4.78, 5) is 24.6. The van der Waals surface area contributed by atoms with Gasteiger partial charge in [0.1, 0.15) is 0 Å². The molecule has 6 nitrogen and oxygen atoms in total. The molecule has 0 radical (unpaired) electrons. The molecule has 0 amide bonds. The van der Waals surface area contributed by atoms with E-state index in [1.54, 1.807) is 0 Å². The van der Waals surface area contributed by atoms with Gasteiger partial charge in [-0.25, -0.2) is 0 Å². The number of H-pyrrole nitrogens is 1. The first-order valence-corrected chi connectivity index (χ1v) is 7.28. The molecule has 0 unspecified atom stereocenters. The number of ether oxygens (including phenoxy) is 1. The Labute approximate surface area is 97.4 Å². The molecule has 1 aliphatic heterocycles. The fraction of sp³-hybridized carbons (Fsp3) is 0.556. The van der Waals surface area contributed by atoms with Gasteiger partial charge in [-0.2, -0.15) is 0 Å². The van der Waals surface area contributed by atoms with Gasteiger partial charge in [0.15, 0.2) is 0 Å². The number of rotatable bonds is 2. The minimum absolute atomic E-state index is 0.0314. The van der Waals surface area contributed by atoms with Crippen LogP contribution in [0.4, 0.5) is 0 Å². The van der Waals surface area contributed by atoms with E-state index in [0.717, 1.165) is 10.6 Å². The molecule has 2 atom stereocenters. The van der Waals surface area contributed by atoms with E-state index in [2.05, 4.69) is 4.98 Å². The molecule has 0 bridgehead atoms. The number of aliphatic hydroxyl groups excluding tert-OH is 1. The van der Waals surface area contributed by atoms with Crippen molar-refractivity contribution in [3.8, 4) is 0 Å². The molecule has 2 heterocycles. The van der Waals surface area contributed by atoms with Gasteiger partial charge in [-0.1, -0.05) is 0 Å². The number of aromatic nitrogens is 2. The molecule has 0 aromatic carbocycles. The van der Waals surface area contributed by atoms with Crippen LogP contribution in [-0.2, 0) is 4.74 Å². The van der Waals surface area contributed by atoms with E-state index in [0.29, 0.717) is 15.0 Å². The maximum atomic E-state index is 11.5. The summed E-state index contributed by atoms with van der Waals surface area (Å²) in [6.45, 7) is -0.0314. The topological polar surface area (TPSA) is 84.3 Å². The van der Waals surface area contributed by atoms with E-state index < -0.39 is 11.2 Å². The quantitative estimate of drug-likeness (QED) is 0.682. The number of nitrogens with one attached hydrogen (secondary N) is 1. The van der Waals surface area contributed by atoms with Crippen LogP contribution in [0.3, 0.4) is 0 Å². The van der Waals surface area contributed by atoms with Gasteiger partial charge in [0, 0.05) is 0 Å². The van der Waals surface area contributed by atoms with Gasteiger partial charge in [-0.05, 0) is 0 Å². The molecule has 2 rings (SSSR count). The predicted octanol–water partition coefficient (Wildman–Crippen LogP) is -1.03. The Kier molecular flexibility index (Phi) is 3.60. The van der Waals surface area contributed by atoms with Gasteiger partial charge in [0.2, 0.25) is 0 Å². The zero-order valence-corrected chi connectivity index (χ0v) is 10.2. The van der Waals surface area contributed by atoms with Crippen LogP contribution in [0.2, 0.25) is 10.6 Å². The van der Waals surface area contributed by atoms with Crippen molar-refractivity contribution in [1.82, 2.24) is 9.55 Å². The summed E-state index contributed by atoms with van der Waals surface area (Å²) in [7, 11) is 0. The van der Waals surface area contributed by atoms with E-state index in [9.17, 15) is 9.59 Å². The van der Waals surface area contributed by atoms with Crippen LogP contribution in [-0.4, -0.2) is 42.3 Å². The summed E-state index contributed by atoms with van der Waals surface area (Å²) in [6.07, 6.45) is 0.870. The number of aliphatic hydroxyl groups is 1. The van der Waals surface area contributed by atoms with Crippen LogP contribution in [0.5, 0.6) is 0 Å². The van der Waals surface area contributed by atoms with Gasteiger partial charge >= 0.3 is 97.0 Å². The van der Waals surface area contributed by atoms with E-state index in [1.807, 2.05) is 0 Å². The van der Waals surface area contributed by atoms with Crippen molar-refractivity contribution in [3.05, 3.63) is 33.1 Å². The fourth-order valence-electron chi connectivity index (χ4n) is 1.50. The van der Waals surface area contributed by atoms with Crippen LogP contribution in [0.15, 0.2) is 21.9 Å². The summed E-state index contributed by atoms with van der Waals surface area (Å²) < 4.78 is 6.91. The van der Waals surface area contributed by atoms with Gasteiger partial charge in [-0.15, -0.1) is 0 Å². The second-order valence-electron chi connectivity index (χ2n) is 3.45. The Morgan fingerprint density at radius 1 is 1.56 bits per heavy atom. The zero-order chi connectivity index (χ0) is 11.5. The van der Waals surface area contributed by atoms with Crippen LogP contribution in [0.25, 0.3) is 0 Å². The normalized spacial score (nSPS) is 25.6. The predicted molar refractivity (Wildman–Crippen MR) is 57.7 cm³/mol. The Hall–Kier alpha value is -0.881. The van der Waals surface area contributed by atoms with Crippen molar-refractivity contribution in [2.45, 2.75) is 23.0 Å². The van der Waals surface area contributed by atoms with Crippen LogP contribution in [0.1, 0.15) is 6.23 Å². The molecule has 1 saturated heterocycles. The van der Waals surface area contributed by atoms with E-state index in [4.69, 9.17) is 9.84 Å². The van der Waals surface area contributed by atoms with E-state index >= 15 is 0 Å². The Morgan fingerprint density at radius 2 is 2.38 bits per heavy atom. The van der Waals surface area contributed by atoms with E-state index in [1.165, 1.54) is 16.8 Å². The molecule has 0 spiro atoms. The van der Waals surface area contributed by atoms with Crippen LogP contribution < -0.4 is 11.2 Å². The molecule has 0 aliphatic carbocycles. The average Bonchev–Trinajstić information content (AvgIpc) is 2.29. The van der Waals surface area contributed by atoms with Crippen molar-refractivity contribution >= 4 is 15.0 Å². The third kappa shape index (κ3) is 2.44. The number of aromatic amines is 1. The molecule has 1 aliphatic rings. The first kappa shape index (κ1) is 11.6. The number of nitrogens with zero attached hydrogens (tertiary/aromatic N) is 1. The second-order valence-corrected chi connectivity index (χ2v) is 5.71. The molecular weight excluding hydrogens is 279 g/mol. The van der Waals surface area contributed by atoms with Gasteiger partial charge in [0.25, 0.3) is 0 Å². The summed E-state index contributed by atoms with van der Waals surface area (Å²) >= 11 is 0.353. The third-order valence-corrected chi connectivity index (χ3v) is 4.65. The summed E-state index contributed by atoms with van der Waals surface area (Å²) in [5.41, 5.74) is -0.881. The van der Waals surface area contributed by atoms with Gasteiger partial charge in [-0.3, -0.25) is 0 Å². The van der Waals surface area contributed by atoms with Crippen molar-refractivity contribution in [2.24, 2.45) is 0 Å². The molecule has 1 aromatic rings. The Bertz CT molecular complexity index is 469. The third-order valence-electron chi connectivity index (χ3n) is 2.28. The van der Waals surface area contributed by atoms with Crippen molar-refractivity contribution < 1.29 is 9.84 Å². The Balaban J connectivity index is 2.23. The molecule has 1 aromatic heterocycles. The van der Waals surface area contributed by atoms with Crippen LogP contribution >= 0.6 is 0 Å². The molecule has 0 saturated carbocycles. The van der Waals surface area contributed by atoms with Gasteiger partial charge in [0.05, 0.1) is 0 Å². The maximum absolute atomic E-state index is 11.5. The summed E-state index contributed by atoms with van der Waals surface area (Å²) in [5.74, 6) is 0. The number of hydrogen-bond acceptors (Lipinski definition) is 4. The minimum atomic E-state index is -0.466. The molecule has 7 heteroatoms. The monoisotopic (exact) mass is 292 g/mol. The molecule has 88 valence electrons. The average molecular weight is 291 g/mol. The molecule has 16 heavy (non-hydrogen) atoms. The van der Waals surface area contributed by atoms with Crippen molar-refractivity contribution in [3.63, 3.8) is 0 Å². The Morgan fingerprint density at radius 3 is 3.06 bits per heavy atom. The summed E-state index contributed by atoms with van der Waals surface area (Å²) in [5, 5.41) is 10.6. The van der Waals surface area contributed by atoms with Crippen molar-refractivity contribution in [2.75, 3.05) is 6.61 Å². The van der Waals surface area contributed by atoms with E-state index in [-0.39, 0.29) is 18.9 Å². The fourth-order valence-corrected chi connectivity index (χ4v) is 3.64.